The van der Waals surface area contributed by atoms with E-state index in [-0.39, 0.29) is 24.5 Å². The summed E-state index contributed by atoms with van der Waals surface area (Å²) in [6.45, 7) is 2.81. The third-order valence-electron chi connectivity index (χ3n) is 4.01. The molecule has 6 nitrogen and oxygen atoms in total. The zero-order chi connectivity index (χ0) is 16.8. The molecule has 1 amide bonds. The second kappa shape index (κ2) is 7.97. The van der Waals surface area contributed by atoms with Crippen LogP contribution in [0.25, 0.3) is 0 Å². The van der Waals surface area contributed by atoms with Gasteiger partial charge in [0.05, 0.1) is 12.0 Å². The van der Waals surface area contributed by atoms with Crippen molar-refractivity contribution in [2.24, 2.45) is 5.92 Å². The fourth-order valence-corrected chi connectivity index (χ4v) is 2.72. The molecule has 23 heavy (non-hydrogen) atoms. The van der Waals surface area contributed by atoms with Crippen molar-refractivity contribution in [3.05, 3.63) is 29.8 Å². The van der Waals surface area contributed by atoms with E-state index in [9.17, 15) is 9.59 Å². The summed E-state index contributed by atoms with van der Waals surface area (Å²) in [4.78, 5) is 24.7. The third-order valence-corrected chi connectivity index (χ3v) is 4.01. The molecule has 0 radical (unpaired) electrons. The molecular weight excluding hydrogens is 298 g/mol. The van der Waals surface area contributed by atoms with Gasteiger partial charge in [0.25, 0.3) is 0 Å². The van der Waals surface area contributed by atoms with Crippen LogP contribution in [0.15, 0.2) is 24.3 Å². The van der Waals surface area contributed by atoms with Gasteiger partial charge in [-0.2, -0.15) is 0 Å². The molecule has 0 saturated carbocycles. The van der Waals surface area contributed by atoms with Crippen LogP contribution in [0, 0.1) is 5.92 Å². The van der Waals surface area contributed by atoms with Crippen LogP contribution in [-0.4, -0.2) is 48.2 Å². The molecule has 0 aliphatic carbocycles. The molecule has 1 fully saturated rings. The molecule has 6 heteroatoms. The van der Waals surface area contributed by atoms with Crippen LogP contribution < -0.4 is 4.74 Å². The molecule has 1 aliphatic rings. The van der Waals surface area contributed by atoms with Crippen LogP contribution in [0.2, 0.25) is 0 Å². The average Bonchev–Trinajstić information content (AvgIpc) is 2.54. The molecule has 126 valence electrons. The second-order valence-corrected chi connectivity index (χ2v) is 5.85. The number of benzene rings is 1. The van der Waals surface area contributed by atoms with Crippen molar-refractivity contribution in [1.82, 2.24) is 4.90 Å². The molecule has 2 rings (SSSR count). The number of aliphatic carboxylic acids is 1. The summed E-state index contributed by atoms with van der Waals surface area (Å²) in [6.07, 6.45) is 1.75. The maximum absolute atomic E-state index is 12.5. The molecule has 1 aromatic carbocycles. The highest BCUT2D eigenvalue weighted by atomic mass is 16.5. The molecule has 1 saturated heterocycles. The molecule has 1 aliphatic heterocycles. The minimum Gasteiger partial charge on any atom is -0.482 e. The van der Waals surface area contributed by atoms with Crippen LogP contribution in [0.4, 0.5) is 0 Å². The lowest BCUT2D eigenvalue weighted by Crippen LogP contribution is -2.40. The Morgan fingerprint density at radius 1 is 1.35 bits per heavy atom. The molecule has 2 unspecified atom stereocenters. The van der Waals surface area contributed by atoms with Gasteiger partial charge in [-0.05, 0) is 37.5 Å². The molecule has 0 aromatic heterocycles. The van der Waals surface area contributed by atoms with E-state index >= 15 is 0 Å². The minimum atomic E-state index is -1.01. The number of hydrogen-bond acceptors (Lipinski definition) is 4. The Labute approximate surface area is 136 Å². The van der Waals surface area contributed by atoms with Gasteiger partial charge in [0, 0.05) is 20.2 Å². The number of nitrogens with zero attached hydrogens (tertiary/aromatic N) is 1. The van der Waals surface area contributed by atoms with Crippen LogP contribution in [0.1, 0.15) is 25.3 Å². The fraction of sp³-hybridized carbons (Fsp3) is 0.529. The number of carbonyl (C=O) groups excluding carboxylic acids is 1. The first-order valence-corrected chi connectivity index (χ1v) is 7.77. The van der Waals surface area contributed by atoms with E-state index in [0.717, 1.165) is 25.0 Å². The Morgan fingerprint density at radius 2 is 2.04 bits per heavy atom. The van der Waals surface area contributed by atoms with Crippen molar-refractivity contribution < 1.29 is 24.2 Å². The van der Waals surface area contributed by atoms with Crippen LogP contribution in [-0.2, 0) is 20.9 Å². The molecule has 1 N–H and O–H groups in total. The second-order valence-electron chi connectivity index (χ2n) is 5.85. The number of carbonyl (C=O) groups is 2. The van der Waals surface area contributed by atoms with Gasteiger partial charge >= 0.3 is 5.97 Å². The Balaban J connectivity index is 1.90. The average molecular weight is 321 g/mol. The summed E-state index contributed by atoms with van der Waals surface area (Å²) < 4.78 is 10.6. The molecule has 2 atom stereocenters. The predicted octanol–water partition coefficient (Wildman–Crippen LogP) is 1.92. The maximum atomic E-state index is 12.5. The van der Waals surface area contributed by atoms with Crippen molar-refractivity contribution in [3.8, 4) is 5.75 Å². The smallest absolute Gasteiger partial charge is 0.341 e. The van der Waals surface area contributed by atoms with E-state index in [1.54, 1.807) is 24.1 Å². The number of carboxylic acids is 1. The van der Waals surface area contributed by atoms with Crippen molar-refractivity contribution in [2.75, 3.05) is 20.3 Å². The van der Waals surface area contributed by atoms with Gasteiger partial charge < -0.3 is 19.5 Å². The Hall–Kier alpha value is -2.08. The lowest BCUT2D eigenvalue weighted by molar-refractivity contribution is -0.143. The summed E-state index contributed by atoms with van der Waals surface area (Å²) >= 11 is 0. The summed E-state index contributed by atoms with van der Waals surface area (Å²) in [6, 6.07) is 7.09. The molecule has 1 aromatic rings. The van der Waals surface area contributed by atoms with Crippen LogP contribution in [0.5, 0.6) is 5.75 Å². The van der Waals surface area contributed by atoms with Crippen LogP contribution in [0.3, 0.4) is 0 Å². The topological polar surface area (TPSA) is 76.1 Å². The third kappa shape index (κ3) is 4.96. The van der Waals surface area contributed by atoms with E-state index < -0.39 is 5.97 Å². The van der Waals surface area contributed by atoms with E-state index in [4.69, 9.17) is 14.6 Å². The zero-order valence-corrected chi connectivity index (χ0v) is 13.5. The first-order valence-electron chi connectivity index (χ1n) is 7.77. The van der Waals surface area contributed by atoms with Crippen molar-refractivity contribution in [3.63, 3.8) is 0 Å². The summed E-state index contributed by atoms with van der Waals surface area (Å²) in [7, 11) is 1.79. The molecule has 0 spiro atoms. The lowest BCUT2D eigenvalue weighted by atomic mass is 9.94. The lowest BCUT2D eigenvalue weighted by Gasteiger charge is -2.31. The summed E-state index contributed by atoms with van der Waals surface area (Å²) in [5, 5.41) is 8.58. The van der Waals surface area contributed by atoms with Gasteiger partial charge in [0.1, 0.15) is 5.75 Å². The first-order chi connectivity index (χ1) is 11.0. The number of carboxylic acid groups (broad SMARTS) is 1. The van der Waals surface area contributed by atoms with Gasteiger partial charge in [0.2, 0.25) is 5.91 Å². The first kappa shape index (κ1) is 17.3. The van der Waals surface area contributed by atoms with E-state index in [2.05, 4.69) is 0 Å². The van der Waals surface area contributed by atoms with Gasteiger partial charge in [-0.1, -0.05) is 12.1 Å². The normalized spacial score (nSPS) is 20.8. The highest BCUT2D eigenvalue weighted by Gasteiger charge is 2.30. The number of hydrogen-bond donors (Lipinski definition) is 1. The molecular formula is C17H23NO5. The van der Waals surface area contributed by atoms with Gasteiger partial charge in [-0.15, -0.1) is 0 Å². The number of ether oxygens (including phenoxy) is 2. The quantitative estimate of drug-likeness (QED) is 0.866. The van der Waals surface area contributed by atoms with E-state index in [0.29, 0.717) is 12.3 Å². The summed E-state index contributed by atoms with van der Waals surface area (Å²) in [5.41, 5.74) is 0.966. The highest BCUT2D eigenvalue weighted by Crippen LogP contribution is 2.23. The number of rotatable bonds is 6. The largest absolute Gasteiger partial charge is 0.482 e. The van der Waals surface area contributed by atoms with E-state index in [1.165, 1.54) is 0 Å². The van der Waals surface area contributed by atoms with Crippen molar-refractivity contribution in [1.29, 1.82) is 0 Å². The molecule has 0 bridgehead atoms. The highest BCUT2D eigenvalue weighted by molar-refractivity contribution is 5.79. The monoisotopic (exact) mass is 321 g/mol. The Bertz CT molecular complexity index is 542. The van der Waals surface area contributed by atoms with Gasteiger partial charge in [-0.3, -0.25) is 4.79 Å². The van der Waals surface area contributed by atoms with Crippen LogP contribution >= 0.6 is 0 Å². The molecule has 1 heterocycles. The minimum absolute atomic E-state index is 0.0366. The zero-order valence-electron chi connectivity index (χ0n) is 13.5. The maximum Gasteiger partial charge on any atom is 0.341 e. The van der Waals surface area contributed by atoms with Crippen molar-refractivity contribution >= 4 is 11.9 Å². The Kier molecular flexibility index (Phi) is 5.98. The van der Waals surface area contributed by atoms with Crippen molar-refractivity contribution in [2.45, 2.75) is 32.4 Å². The van der Waals surface area contributed by atoms with Gasteiger partial charge in [-0.25, -0.2) is 4.79 Å². The van der Waals surface area contributed by atoms with Gasteiger partial charge in [0.15, 0.2) is 6.61 Å². The predicted molar refractivity (Wildman–Crippen MR) is 84.2 cm³/mol. The standard InChI is InChI=1S/C17H23NO5/c1-12-15(4-3-9-22-12)17(21)18(2)10-13-5-7-14(8-6-13)23-11-16(19)20/h5-8,12,15H,3-4,9-11H2,1-2H3,(H,19,20). The van der Waals surface area contributed by atoms with E-state index in [1.807, 2.05) is 19.1 Å². The Morgan fingerprint density at radius 3 is 2.65 bits per heavy atom. The number of amides is 1. The SMILES string of the molecule is CC1OCCCC1C(=O)N(C)Cc1ccc(OCC(=O)O)cc1. The fourth-order valence-electron chi connectivity index (χ4n) is 2.72. The summed E-state index contributed by atoms with van der Waals surface area (Å²) in [5.74, 6) is -0.488.